The highest BCUT2D eigenvalue weighted by Gasteiger charge is 2.59. The summed E-state index contributed by atoms with van der Waals surface area (Å²) in [5.74, 6) is 1.92. The van der Waals surface area contributed by atoms with E-state index >= 15 is 0 Å². The molecule has 2 fully saturated rings. The summed E-state index contributed by atoms with van der Waals surface area (Å²) < 4.78 is 5.17. The number of nitrogens with two attached hydrogens (primary N) is 1. The number of methoxy groups -OCH3 is 1. The van der Waals surface area contributed by atoms with E-state index in [2.05, 4.69) is 36.1 Å². The number of nitrogens with one attached hydrogen (secondary N) is 1. The molecule has 2 saturated carbocycles. The Morgan fingerprint density at radius 1 is 1.35 bits per heavy atom. The molecule has 5 heteroatoms. The number of nitrogens with zero attached hydrogens (tertiary/aromatic N) is 2. The van der Waals surface area contributed by atoms with E-state index in [0.29, 0.717) is 28.8 Å². The van der Waals surface area contributed by atoms with Crippen LogP contribution in [0.4, 0.5) is 11.5 Å². The SMILES string of the molecule is COc1ncnc(NC2C3(C)CCC(C3)C2(C)C)c1N. The highest BCUT2D eigenvalue weighted by Crippen LogP contribution is 2.63. The zero-order chi connectivity index (χ0) is 14.5. The Bertz CT molecular complexity index is 526. The Morgan fingerprint density at radius 3 is 2.70 bits per heavy atom. The van der Waals surface area contributed by atoms with Gasteiger partial charge in [0, 0.05) is 6.04 Å². The molecular weight excluding hydrogens is 252 g/mol. The summed E-state index contributed by atoms with van der Waals surface area (Å²) in [7, 11) is 1.57. The Hall–Kier alpha value is -1.52. The fourth-order valence-electron chi connectivity index (χ4n) is 4.46. The highest BCUT2D eigenvalue weighted by atomic mass is 16.5. The molecule has 0 radical (unpaired) electrons. The first-order chi connectivity index (χ1) is 9.38. The first kappa shape index (κ1) is 13.5. The van der Waals surface area contributed by atoms with Crippen LogP contribution in [0.5, 0.6) is 5.88 Å². The molecule has 2 aliphatic rings. The quantitative estimate of drug-likeness (QED) is 0.888. The summed E-state index contributed by atoms with van der Waals surface area (Å²) >= 11 is 0. The first-order valence-electron chi connectivity index (χ1n) is 7.29. The van der Waals surface area contributed by atoms with Gasteiger partial charge in [0.2, 0.25) is 5.88 Å². The molecule has 0 spiro atoms. The fraction of sp³-hybridized carbons (Fsp3) is 0.733. The molecule has 3 unspecified atom stereocenters. The van der Waals surface area contributed by atoms with Crippen LogP contribution in [0.1, 0.15) is 40.0 Å². The van der Waals surface area contributed by atoms with E-state index in [0.717, 1.165) is 5.92 Å². The molecular formula is C15H24N4O. The molecule has 0 amide bonds. The van der Waals surface area contributed by atoms with Crippen molar-refractivity contribution in [3.05, 3.63) is 6.33 Å². The zero-order valence-electron chi connectivity index (χ0n) is 12.7. The molecule has 3 N–H and O–H groups in total. The molecule has 110 valence electrons. The van der Waals surface area contributed by atoms with Gasteiger partial charge in [-0.25, -0.2) is 4.98 Å². The van der Waals surface area contributed by atoms with Crippen molar-refractivity contribution >= 4 is 11.5 Å². The van der Waals surface area contributed by atoms with Gasteiger partial charge in [0.1, 0.15) is 12.0 Å². The average Bonchev–Trinajstić information content (AvgIpc) is 2.87. The first-order valence-corrected chi connectivity index (χ1v) is 7.29. The smallest absolute Gasteiger partial charge is 0.242 e. The highest BCUT2D eigenvalue weighted by molar-refractivity contribution is 5.67. The third-order valence-corrected chi connectivity index (χ3v) is 5.59. The van der Waals surface area contributed by atoms with Gasteiger partial charge in [-0.15, -0.1) is 0 Å². The van der Waals surface area contributed by atoms with Gasteiger partial charge in [0.05, 0.1) is 7.11 Å². The van der Waals surface area contributed by atoms with Crippen molar-refractivity contribution in [1.82, 2.24) is 9.97 Å². The molecule has 1 aromatic rings. The lowest BCUT2D eigenvalue weighted by atomic mass is 9.68. The summed E-state index contributed by atoms with van der Waals surface area (Å²) in [6.45, 7) is 7.09. The van der Waals surface area contributed by atoms with E-state index in [-0.39, 0.29) is 5.41 Å². The van der Waals surface area contributed by atoms with Crippen molar-refractivity contribution in [3.8, 4) is 5.88 Å². The molecule has 0 aliphatic heterocycles. The predicted octanol–water partition coefficient (Wildman–Crippen LogP) is 2.69. The average molecular weight is 276 g/mol. The van der Waals surface area contributed by atoms with Crippen LogP contribution in [0, 0.1) is 16.7 Å². The number of nitrogen functional groups attached to an aromatic ring is 1. The Balaban J connectivity index is 1.92. The van der Waals surface area contributed by atoms with Gasteiger partial charge in [0.15, 0.2) is 5.82 Å². The molecule has 2 aliphatic carbocycles. The van der Waals surface area contributed by atoms with E-state index < -0.39 is 0 Å². The summed E-state index contributed by atoms with van der Waals surface area (Å²) in [5, 5.41) is 3.59. The molecule has 0 saturated heterocycles. The van der Waals surface area contributed by atoms with Gasteiger partial charge >= 0.3 is 0 Å². The largest absolute Gasteiger partial charge is 0.479 e. The lowest BCUT2D eigenvalue weighted by molar-refractivity contribution is 0.155. The second-order valence-corrected chi connectivity index (χ2v) is 7.14. The monoisotopic (exact) mass is 276 g/mol. The van der Waals surface area contributed by atoms with Crippen molar-refractivity contribution in [2.45, 2.75) is 46.1 Å². The third kappa shape index (κ3) is 1.75. The third-order valence-electron chi connectivity index (χ3n) is 5.59. The van der Waals surface area contributed by atoms with Gasteiger partial charge in [-0.05, 0) is 36.0 Å². The van der Waals surface area contributed by atoms with Crippen LogP contribution in [0.2, 0.25) is 0 Å². The van der Waals surface area contributed by atoms with E-state index in [9.17, 15) is 0 Å². The lowest BCUT2D eigenvalue weighted by Crippen LogP contribution is -2.46. The van der Waals surface area contributed by atoms with Crippen LogP contribution >= 0.6 is 0 Å². The van der Waals surface area contributed by atoms with Crippen LogP contribution in [-0.4, -0.2) is 23.1 Å². The number of hydrogen-bond donors (Lipinski definition) is 2. The minimum Gasteiger partial charge on any atom is -0.479 e. The fourth-order valence-corrected chi connectivity index (χ4v) is 4.46. The summed E-state index contributed by atoms with van der Waals surface area (Å²) in [4.78, 5) is 8.34. The van der Waals surface area contributed by atoms with Crippen molar-refractivity contribution in [2.75, 3.05) is 18.2 Å². The van der Waals surface area contributed by atoms with E-state index in [4.69, 9.17) is 10.5 Å². The number of rotatable bonds is 3. The molecule has 5 nitrogen and oxygen atoms in total. The summed E-state index contributed by atoms with van der Waals surface area (Å²) in [6, 6.07) is 0.385. The number of hydrogen-bond acceptors (Lipinski definition) is 5. The summed E-state index contributed by atoms with van der Waals surface area (Å²) in [6.07, 6.45) is 5.41. The topological polar surface area (TPSA) is 73.1 Å². The number of ether oxygens (including phenoxy) is 1. The minimum absolute atomic E-state index is 0.262. The van der Waals surface area contributed by atoms with Crippen LogP contribution in [0.15, 0.2) is 6.33 Å². The van der Waals surface area contributed by atoms with Gasteiger partial charge in [-0.1, -0.05) is 20.8 Å². The van der Waals surface area contributed by atoms with Crippen molar-refractivity contribution in [3.63, 3.8) is 0 Å². The van der Waals surface area contributed by atoms with E-state index in [1.165, 1.54) is 25.6 Å². The van der Waals surface area contributed by atoms with Crippen LogP contribution < -0.4 is 15.8 Å². The van der Waals surface area contributed by atoms with Crippen LogP contribution in [-0.2, 0) is 0 Å². The van der Waals surface area contributed by atoms with Crippen LogP contribution in [0.25, 0.3) is 0 Å². The number of fused-ring (bicyclic) bond motifs is 2. The maximum atomic E-state index is 6.09. The maximum absolute atomic E-state index is 6.09. The Kier molecular flexibility index (Phi) is 2.85. The minimum atomic E-state index is 0.262. The molecule has 20 heavy (non-hydrogen) atoms. The van der Waals surface area contributed by atoms with Gasteiger partial charge < -0.3 is 15.8 Å². The second kappa shape index (κ2) is 4.24. The van der Waals surface area contributed by atoms with E-state index in [1.54, 1.807) is 7.11 Å². The van der Waals surface area contributed by atoms with Gasteiger partial charge in [-0.3, -0.25) is 0 Å². The maximum Gasteiger partial charge on any atom is 0.242 e. The van der Waals surface area contributed by atoms with E-state index in [1.807, 2.05) is 0 Å². The summed E-state index contributed by atoms with van der Waals surface area (Å²) in [5.41, 5.74) is 7.18. The molecule has 3 rings (SSSR count). The van der Waals surface area contributed by atoms with Crippen molar-refractivity contribution in [1.29, 1.82) is 0 Å². The van der Waals surface area contributed by atoms with Crippen molar-refractivity contribution < 1.29 is 4.74 Å². The van der Waals surface area contributed by atoms with Gasteiger partial charge in [-0.2, -0.15) is 4.98 Å². The lowest BCUT2D eigenvalue weighted by Gasteiger charge is -2.43. The Morgan fingerprint density at radius 2 is 2.10 bits per heavy atom. The predicted molar refractivity (Wildman–Crippen MR) is 79.6 cm³/mol. The second-order valence-electron chi connectivity index (χ2n) is 7.14. The molecule has 0 aromatic carbocycles. The molecule has 1 aromatic heterocycles. The molecule has 2 bridgehead atoms. The molecule has 3 atom stereocenters. The van der Waals surface area contributed by atoms with Crippen molar-refractivity contribution in [2.24, 2.45) is 16.7 Å². The zero-order valence-corrected chi connectivity index (χ0v) is 12.7. The standard InChI is InChI=1S/C15H24N4O/c1-14(2)9-5-6-15(3,7-9)13(14)19-11-10(16)12(20-4)18-8-17-11/h8-9,13H,5-7,16H2,1-4H3,(H,17,18,19). The van der Waals surface area contributed by atoms with Crippen LogP contribution in [0.3, 0.4) is 0 Å². The molecule has 1 heterocycles. The number of anilines is 2. The van der Waals surface area contributed by atoms with Gasteiger partial charge in [0.25, 0.3) is 0 Å². The Labute approximate surface area is 120 Å². The normalized spacial score (nSPS) is 34.2. The number of aromatic nitrogens is 2.